The van der Waals surface area contributed by atoms with Crippen LogP contribution in [-0.4, -0.2) is 25.0 Å². The van der Waals surface area contributed by atoms with Crippen molar-refractivity contribution in [3.8, 4) is 28.6 Å². The molecule has 0 atom stereocenters. The third kappa shape index (κ3) is 3.91. The van der Waals surface area contributed by atoms with Crippen LogP contribution >= 0.6 is 11.3 Å². The molecule has 2 aromatic rings. The van der Waals surface area contributed by atoms with Gasteiger partial charge in [-0.2, -0.15) is 15.8 Å². The maximum atomic E-state index is 12.2. The molecule has 1 aliphatic heterocycles. The van der Waals surface area contributed by atoms with Crippen molar-refractivity contribution < 1.29 is 4.79 Å². The van der Waals surface area contributed by atoms with Crippen molar-refractivity contribution in [2.45, 2.75) is 0 Å². The summed E-state index contributed by atoms with van der Waals surface area (Å²) in [5.41, 5.74) is 1.83. The number of carbonyl (C=O) groups excluding carboxylic acids is 1. The number of rotatable bonds is 4. The fourth-order valence-electron chi connectivity index (χ4n) is 2.67. The molecule has 1 aromatic carbocycles. The Kier molecular flexibility index (Phi) is 5.55. The summed E-state index contributed by atoms with van der Waals surface area (Å²) in [5, 5.41) is 30.4. The van der Waals surface area contributed by atoms with Crippen LogP contribution in [0.5, 0.6) is 0 Å². The predicted molar refractivity (Wildman–Crippen MR) is 110 cm³/mol. The molecule has 0 radical (unpaired) electrons. The van der Waals surface area contributed by atoms with Crippen molar-refractivity contribution in [2.75, 3.05) is 19.0 Å². The van der Waals surface area contributed by atoms with E-state index in [2.05, 4.69) is 10.3 Å². The molecule has 0 saturated carbocycles. The number of nitrogens with zero attached hydrogens (tertiary/aromatic N) is 5. The van der Waals surface area contributed by atoms with Crippen molar-refractivity contribution >= 4 is 29.0 Å². The van der Waals surface area contributed by atoms with Crippen LogP contribution in [0.1, 0.15) is 5.01 Å². The van der Waals surface area contributed by atoms with E-state index >= 15 is 0 Å². The Balaban J connectivity index is 1.89. The van der Waals surface area contributed by atoms with Crippen LogP contribution in [0.15, 0.2) is 59.0 Å². The van der Waals surface area contributed by atoms with Crippen LogP contribution in [0.2, 0.25) is 0 Å². The summed E-state index contributed by atoms with van der Waals surface area (Å²) >= 11 is 1.44. The summed E-state index contributed by atoms with van der Waals surface area (Å²) in [7, 11) is 3.95. The average molecular weight is 398 g/mol. The zero-order chi connectivity index (χ0) is 21.0. The lowest BCUT2D eigenvalue weighted by atomic mass is 10.1. The van der Waals surface area contributed by atoms with Crippen LogP contribution in [0.25, 0.3) is 16.5 Å². The van der Waals surface area contributed by atoms with Gasteiger partial charge >= 0.3 is 0 Å². The quantitative estimate of drug-likeness (QED) is 0.791. The van der Waals surface area contributed by atoms with Gasteiger partial charge in [0, 0.05) is 26.0 Å². The highest BCUT2D eigenvalue weighted by Gasteiger charge is 2.28. The summed E-state index contributed by atoms with van der Waals surface area (Å²) in [6, 6.07) is 13.3. The van der Waals surface area contributed by atoms with E-state index in [0.717, 1.165) is 16.1 Å². The first-order chi connectivity index (χ1) is 14.0. The highest BCUT2D eigenvalue weighted by atomic mass is 32.1. The Labute approximate surface area is 171 Å². The number of aromatic nitrogens is 1. The second-order valence-corrected chi connectivity index (χ2v) is 7.23. The van der Waals surface area contributed by atoms with Crippen LogP contribution < -0.4 is 10.2 Å². The van der Waals surface area contributed by atoms with E-state index in [1.165, 1.54) is 17.4 Å². The van der Waals surface area contributed by atoms with Crippen molar-refractivity contribution in [3.05, 3.63) is 64.0 Å². The fraction of sp³-hybridized carbons (Fsp3) is 0.0952. The van der Waals surface area contributed by atoms with E-state index in [1.807, 2.05) is 49.3 Å². The van der Waals surface area contributed by atoms with E-state index in [0.29, 0.717) is 5.01 Å². The maximum Gasteiger partial charge on any atom is 0.257 e. The molecule has 0 saturated heterocycles. The molecule has 0 bridgehead atoms. The zero-order valence-electron chi connectivity index (χ0n) is 15.6. The minimum Gasteiger partial charge on any atom is -0.378 e. The number of nitriles is 3. The molecule has 3 rings (SSSR count). The molecule has 140 valence electrons. The lowest BCUT2D eigenvalue weighted by Crippen LogP contribution is -2.17. The number of thiazole rings is 1. The van der Waals surface area contributed by atoms with E-state index in [-0.39, 0.29) is 22.4 Å². The first kappa shape index (κ1) is 19.6. The van der Waals surface area contributed by atoms with Gasteiger partial charge < -0.3 is 10.2 Å². The molecule has 2 heterocycles. The first-order valence-electron chi connectivity index (χ1n) is 8.40. The standard InChI is InChI=1S/C21H14N6OS/c1-27(2)15-5-3-13(4-6-15)18-12-25-19(29-18)8-7-16-17(11-24)20(26-21(16)28)14(9-22)10-23/h3-8,12H,1-2H3,(H,26,28)/b8-7+. The third-order valence-electron chi connectivity index (χ3n) is 4.17. The van der Waals surface area contributed by atoms with Crippen LogP contribution in [0.4, 0.5) is 5.69 Å². The molecule has 0 aliphatic carbocycles. The highest BCUT2D eigenvalue weighted by Crippen LogP contribution is 2.29. The van der Waals surface area contributed by atoms with Crippen molar-refractivity contribution in [1.29, 1.82) is 15.8 Å². The van der Waals surface area contributed by atoms with Gasteiger partial charge in [-0.25, -0.2) is 4.98 Å². The number of carbonyl (C=O) groups is 1. The van der Waals surface area contributed by atoms with Crippen molar-refractivity contribution in [3.63, 3.8) is 0 Å². The molecular weight excluding hydrogens is 384 g/mol. The highest BCUT2D eigenvalue weighted by molar-refractivity contribution is 7.15. The monoisotopic (exact) mass is 398 g/mol. The Morgan fingerprint density at radius 1 is 1.14 bits per heavy atom. The average Bonchev–Trinajstić information content (AvgIpc) is 3.32. The van der Waals surface area contributed by atoms with Gasteiger partial charge in [0.25, 0.3) is 5.91 Å². The van der Waals surface area contributed by atoms with Crippen molar-refractivity contribution in [1.82, 2.24) is 10.3 Å². The molecule has 1 aliphatic rings. The lowest BCUT2D eigenvalue weighted by Gasteiger charge is -2.12. The lowest BCUT2D eigenvalue weighted by molar-refractivity contribution is -0.115. The Hall–Kier alpha value is -4.19. The number of hydrogen-bond acceptors (Lipinski definition) is 7. The van der Waals surface area contributed by atoms with Gasteiger partial charge in [0.05, 0.1) is 21.7 Å². The smallest absolute Gasteiger partial charge is 0.257 e. The van der Waals surface area contributed by atoms with Gasteiger partial charge in [0.1, 0.15) is 23.2 Å². The number of hydrogen-bond donors (Lipinski definition) is 1. The van der Waals surface area contributed by atoms with E-state index in [4.69, 9.17) is 10.5 Å². The molecule has 1 N–H and O–H groups in total. The molecule has 29 heavy (non-hydrogen) atoms. The van der Waals surface area contributed by atoms with Crippen molar-refractivity contribution in [2.24, 2.45) is 0 Å². The van der Waals surface area contributed by atoms with Gasteiger partial charge in [-0.3, -0.25) is 4.79 Å². The molecule has 1 aromatic heterocycles. The Morgan fingerprint density at radius 2 is 1.83 bits per heavy atom. The minimum absolute atomic E-state index is 0.0274. The van der Waals surface area contributed by atoms with Crippen LogP contribution in [0, 0.1) is 34.0 Å². The number of amides is 1. The summed E-state index contributed by atoms with van der Waals surface area (Å²) in [6.45, 7) is 0. The van der Waals surface area contributed by atoms with Crippen LogP contribution in [-0.2, 0) is 4.79 Å². The second kappa shape index (κ2) is 8.22. The second-order valence-electron chi connectivity index (χ2n) is 6.17. The topological polar surface area (TPSA) is 117 Å². The normalized spacial score (nSPS) is 13.1. The van der Waals surface area contributed by atoms with Crippen LogP contribution in [0.3, 0.4) is 0 Å². The largest absolute Gasteiger partial charge is 0.378 e. The summed E-state index contributed by atoms with van der Waals surface area (Å²) in [4.78, 5) is 19.5. The number of anilines is 1. The van der Waals surface area contributed by atoms with E-state index in [9.17, 15) is 10.1 Å². The number of nitrogens with one attached hydrogen (secondary N) is 1. The molecule has 8 heteroatoms. The van der Waals surface area contributed by atoms with Gasteiger partial charge in [-0.15, -0.1) is 11.3 Å². The maximum absolute atomic E-state index is 12.2. The number of allylic oxidation sites excluding steroid dienone is 2. The fourth-order valence-corrected chi connectivity index (χ4v) is 3.49. The van der Waals surface area contributed by atoms with Gasteiger partial charge in [0.15, 0.2) is 5.57 Å². The predicted octanol–water partition coefficient (Wildman–Crippen LogP) is 3.14. The Morgan fingerprint density at radius 3 is 2.41 bits per heavy atom. The molecule has 0 unspecified atom stereocenters. The van der Waals surface area contributed by atoms with Gasteiger partial charge in [0.2, 0.25) is 0 Å². The minimum atomic E-state index is -0.535. The summed E-state index contributed by atoms with van der Waals surface area (Å²) in [5.74, 6) is -0.535. The van der Waals surface area contributed by atoms with Gasteiger partial charge in [-0.1, -0.05) is 12.1 Å². The molecule has 0 fully saturated rings. The van der Waals surface area contributed by atoms with Gasteiger partial charge in [-0.05, 0) is 29.8 Å². The molecule has 1 amide bonds. The molecule has 0 spiro atoms. The summed E-state index contributed by atoms with van der Waals surface area (Å²) < 4.78 is 0. The third-order valence-corrected chi connectivity index (χ3v) is 5.18. The van der Waals surface area contributed by atoms with E-state index < -0.39 is 5.91 Å². The molecular formula is C21H14N6OS. The first-order valence-corrected chi connectivity index (χ1v) is 9.22. The number of benzene rings is 1. The van der Waals surface area contributed by atoms with E-state index in [1.54, 1.807) is 24.4 Å². The molecule has 7 nitrogen and oxygen atoms in total. The Bertz CT molecular complexity index is 1180. The summed E-state index contributed by atoms with van der Waals surface area (Å²) in [6.07, 6.45) is 4.86. The zero-order valence-corrected chi connectivity index (χ0v) is 16.4. The SMILES string of the molecule is CN(C)c1ccc(-c2cnc(/C=C/C3=C(C#N)C(=C(C#N)C#N)NC3=O)s2)cc1.